The third-order valence-corrected chi connectivity index (χ3v) is 4.16. The van der Waals surface area contributed by atoms with Crippen LogP contribution in [0.25, 0.3) is 21.8 Å². The summed E-state index contributed by atoms with van der Waals surface area (Å²) >= 11 is 0. The zero-order valence-corrected chi connectivity index (χ0v) is 12.0. The summed E-state index contributed by atoms with van der Waals surface area (Å²) in [5.74, 6) is 0. The second-order valence-electron chi connectivity index (χ2n) is 5.50. The minimum atomic E-state index is 0.336. The molecule has 3 rings (SSSR count). The number of benzene rings is 2. The van der Waals surface area contributed by atoms with Crippen molar-refractivity contribution in [3.63, 3.8) is 0 Å². The summed E-state index contributed by atoms with van der Waals surface area (Å²) in [5, 5.41) is 2.70. The van der Waals surface area contributed by atoms with E-state index in [1.54, 1.807) is 0 Å². The fraction of sp³-hybridized carbons (Fsp3) is 0.333. The van der Waals surface area contributed by atoms with Gasteiger partial charge in [0.2, 0.25) is 0 Å². The van der Waals surface area contributed by atoms with Crippen LogP contribution < -0.4 is 5.73 Å². The van der Waals surface area contributed by atoms with Gasteiger partial charge in [-0.1, -0.05) is 43.3 Å². The lowest BCUT2D eigenvalue weighted by Gasteiger charge is -2.10. The number of hydrogen-bond donors (Lipinski definition) is 1. The molecule has 0 aliphatic heterocycles. The summed E-state index contributed by atoms with van der Waals surface area (Å²) < 4.78 is 2.44. The van der Waals surface area contributed by atoms with Crippen LogP contribution in [-0.2, 0) is 6.54 Å². The van der Waals surface area contributed by atoms with Crippen LogP contribution in [-0.4, -0.2) is 10.6 Å². The first-order valence-corrected chi connectivity index (χ1v) is 7.53. The average molecular weight is 266 g/mol. The molecule has 0 amide bonds. The molecule has 20 heavy (non-hydrogen) atoms. The van der Waals surface area contributed by atoms with E-state index in [1.807, 2.05) is 0 Å². The molecule has 1 heterocycles. The van der Waals surface area contributed by atoms with Crippen LogP contribution in [0.2, 0.25) is 0 Å². The van der Waals surface area contributed by atoms with Gasteiger partial charge in [-0.25, -0.2) is 0 Å². The molecule has 3 aromatic rings. The summed E-state index contributed by atoms with van der Waals surface area (Å²) in [6, 6.07) is 17.7. The van der Waals surface area contributed by atoms with Gasteiger partial charge in [0.1, 0.15) is 0 Å². The number of nitrogens with zero attached hydrogens (tertiary/aromatic N) is 1. The standard InChI is InChI=1S/C18H22N2/c1-2-14(19)8-7-13-20-17-11-5-3-9-15(17)16-10-4-6-12-18(16)20/h3-6,9-12,14H,2,7-8,13,19H2,1H3. The highest BCUT2D eigenvalue weighted by molar-refractivity contribution is 6.07. The number of aromatic nitrogens is 1. The number of para-hydroxylation sites is 2. The average Bonchev–Trinajstić information content (AvgIpc) is 2.82. The highest BCUT2D eigenvalue weighted by atomic mass is 15.0. The van der Waals surface area contributed by atoms with Crippen LogP contribution in [0.3, 0.4) is 0 Å². The molecule has 0 saturated carbocycles. The van der Waals surface area contributed by atoms with E-state index < -0.39 is 0 Å². The first-order chi connectivity index (χ1) is 9.81. The van der Waals surface area contributed by atoms with Crippen molar-refractivity contribution >= 4 is 21.8 Å². The summed E-state index contributed by atoms with van der Waals surface area (Å²) in [7, 11) is 0. The van der Waals surface area contributed by atoms with Gasteiger partial charge in [-0.2, -0.15) is 0 Å². The number of fused-ring (bicyclic) bond motifs is 3. The van der Waals surface area contributed by atoms with Crippen LogP contribution >= 0.6 is 0 Å². The third kappa shape index (κ3) is 2.32. The van der Waals surface area contributed by atoms with Gasteiger partial charge < -0.3 is 10.3 Å². The molecule has 2 N–H and O–H groups in total. The van der Waals surface area contributed by atoms with Crippen molar-refractivity contribution in [1.82, 2.24) is 4.57 Å². The van der Waals surface area contributed by atoms with Crippen molar-refractivity contribution < 1.29 is 0 Å². The number of rotatable bonds is 5. The van der Waals surface area contributed by atoms with E-state index in [4.69, 9.17) is 5.73 Å². The molecule has 0 radical (unpaired) electrons. The fourth-order valence-electron chi connectivity index (χ4n) is 2.96. The van der Waals surface area contributed by atoms with Gasteiger partial charge in [-0.15, -0.1) is 0 Å². The smallest absolute Gasteiger partial charge is 0.0491 e. The molecule has 1 atom stereocenters. The second-order valence-corrected chi connectivity index (χ2v) is 5.50. The third-order valence-electron chi connectivity index (χ3n) is 4.16. The maximum absolute atomic E-state index is 6.03. The predicted octanol–water partition coefficient (Wildman–Crippen LogP) is 4.31. The minimum absolute atomic E-state index is 0.336. The maximum atomic E-state index is 6.03. The minimum Gasteiger partial charge on any atom is -0.340 e. The fourth-order valence-corrected chi connectivity index (χ4v) is 2.96. The van der Waals surface area contributed by atoms with Crippen molar-refractivity contribution in [1.29, 1.82) is 0 Å². The molecule has 1 unspecified atom stereocenters. The first-order valence-electron chi connectivity index (χ1n) is 7.53. The maximum Gasteiger partial charge on any atom is 0.0491 e. The molecule has 0 saturated heterocycles. The zero-order chi connectivity index (χ0) is 13.9. The van der Waals surface area contributed by atoms with E-state index in [0.717, 1.165) is 25.8 Å². The normalized spacial score (nSPS) is 13.1. The van der Waals surface area contributed by atoms with Crippen LogP contribution in [0.1, 0.15) is 26.2 Å². The number of hydrogen-bond acceptors (Lipinski definition) is 1. The molecule has 2 aromatic carbocycles. The molecule has 0 bridgehead atoms. The van der Waals surface area contributed by atoms with Gasteiger partial charge in [0.15, 0.2) is 0 Å². The van der Waals surface area contributed by atoms with E-state index in [-0.39, 0.29) is 0 Å². The van der Waals surface area contributed by atoms with Crippen molar-refractivity contribution in [2.75, 3.05) is 0 Å². The van der Waals surface area contributed by atoms with E-state index in [1.165, 1.54) is 21.8 Å². The Balaban J connectivity index is 1.99. The molecule has 2 heteroatoms. The largest absolute Gasteiger partial charge is 0.340 e. The summed E-state index contributed by atoms with van der Waals surface area (Å²) in [4.78, 5) is 0. The monoisotopic (exact) mass is 266 g/mol. The van der Waals surface area contributed by atoms with Gasteiger partial charge in [0, 0.05) is 34.4 Å². The predicted molar refractivity (Wildman–Crippen MR) is 86.9 cm³/mol. The van der Waals surface area contributed by atoms with Crippen LogP contribution in [0, 0.1) is 0 Å². The summed E-state index contributed by atoms with van der Waals surface area (Å²) in [6.45, 7) is 3.20. The molecule has 104 valence electrons. The Bertz CT molecular complexity index is 658. The number of aryl methyl sites for hydroxylation is 1. The molecule has 1 aromatic heterocycles. The van der Waals surface area contributed by atoms with Crippen molar-refractivity contribution in [3.05, 3.63) is 48.5 Å². The molecule has 0 spiro atoms. The highest BCUT2D eigenvalue weighted by Gasteiger charge is 2.09. The van der Waals surface area contributed by atoms with E-state index >= 15 is 0 Å². The summed E-state index contributed by atoms with van der Waals surface area (Å²) in [6.07, 6.45) is 3.29. The van der Waals surface area contributed by atoms with Crippen LogP contribution in [0.15, 0.2) is 48.5 Å². The molecule has 0 aliphatic rings. The lowest BCUT2D eigenvalue weighted by Crippen LogP contribution is -2.18. The Labute approximate surface area is 120 Å². The lowest BCUT2D eigenvalue weighted by molar-refractivity contribution is 0.535. The lowest BCUT2D eigenvalue weighted by atomic mass is 10.1. The van der Waals surface area contributed by atoms with Gasteiger partial charge in [0.05, 0.1) is 0 Å². The Morgan fingerprint density at radius 3 is 2.05 bits per heavy atom. The summed E-state index contributed by atoms with van der Waals surface area (Å²) in [5.41, 5.74) is 8.69. The quantitative estimate of drug-likeness (QED) is 0.733. The highest BCUT2D eigenvalue weighted by Crippen LogP contribution is 2.28. The van der Waals surface area contributed by atoms with Crippen LogP contribution in [0.4, 0.5) is 0 Å². The van der Waals surface area contributed by atoms with Gasteiger partial charge in [-0.05, 0) is 31.4 Å². The Hall–Kier alpha value is -1.80. The topological polar surface area (TPSA) is 30.9 Å². The number of nitrogens with two attached hydrogens (primary N) is 1. The van der Waals surface area contributed by atoms with E-state index in [9.17, 15) is 0 Å². The van der Waals surface area contributed by atoms with E-state index in [0.29, 0.717) is 6.04 Å². The Kier molecular flexibility index (Phi) is 3.75. The molecule has 0 fully saturated rings. The molecule has 2 nitrogen and oxygen atoms in total. The molecular weight excluding hydrogens is 244 g/mol. The van der Waals surface area contributed by atoms with Gasteiger partial charge in [-0.3, -0.25) is 0 Å². The molecular formula is C18H22N2. The SMILES string of the molecule is CCC(N)CCCn1c2ccccc2c2ccccc21. The van der Waals surface area contributed by atoms with Crippen molar-refractivity contribution in [3.8, 4) is 0 Å². The second kappa shape index (κ2) is 5.68. The first kappa shape index (κ1) is 13.2. The molecule has 0 aliphatic carbocycles. The zero-order valence-electron chi connectivity index (χ0n) is 12.0. The van der Waals surface area contributed by atoms with Gasteiger partial charge in [0.25, 0.3) is 0 Å². The van der Waals surface area contributed by atoms with Gasteiger partial charge >= 0.3 is 0 Å². The Morgan fingerprint density at radius 1 is 0.950 bits per heavy atom. The van der Waals surface area contributed by atoms with E-state index in [2.05, 4.69) is 60.0 Å². The van der Waals surface area contributed by atoms with Crippen molar-refractivity contribution in [2.45, 2.75) is 38.8 Å². The van der Waals surface area contributed by atoms with Crippen LogP contribution in [0.5, 0.6) is 0 Å². The van der Waals surface area contributed by atoms with Crippen molar-refractivity contribution in [2.24, 2.45) is 5.73 Å². The Morgan fingerprint density at radius 2 is 1.50 bits per heavy atom.